The van der Waals surface area contributed by atoms with Crippen molar-refractivity contribution in [2.75, 3.05) is 10.6 Å². The summed E-state index contributed by atoms with van der Waals surface area (Å²) < 4.78 is 0. The largest absolute Gasteiger partial charge is 0.336 e. The molecule has 0 aliphatic heterocycles. The lowest BCUT2D eigenvalue weighted by molar-refractivity contribution is -0.115. The maximum absolute atomic E-state index is 12.4. The fourth-order valence-corrected chi connectivity index (χ4v) is 2.75. The second-order valence-electron chi connectivity index (χ2n) is 6.55. The first-order valence-corrected chi connectivity index (χ1v) is 8.81. The van der Waals surface area contributed by atoms with Crippen LogP contribution < -0.4 is 16.0 Å². The van der Waals surface area contributed by atoms with Gasteiger partial charge >= 0.3 is 6.03 Å². The Morgan fingerprint density at radius 3 is 2.30 bits per heavy atom. The van der Waals surface area contributed by atoms with Crippen LogP contribution in [0, 0.1) is 0 Å². The molecule has 0 aliphatic carbocycles. The van der Waals surface area contributed by atoms with Crippen LogP contribution >= 0.6 is 0 Å². The van der Waals surface area contributed by atoms with Gasteiger partial charge in [0.25, 0.3) is 0 Å². The molecule has 3 N–H and O–H groups in total. The van der Waals surface area contributed by atoms with E-state index in [1.54, 1.807) is 30.5 Å². The van der Waals surface area contributed by atoms with Gasteiger partial charge in [-0.05, 0) is 49.7 Å². The van der Waals surface area contributed by atoms with Crippen molar-refractivity contribution in [1.82, 2.24) is 10.3 Å². The molecule has 27 heavy (non-hydrogen) atoms. The molecule has 0 saturated heterocycles. The Morgan fingerprint density at radius 2 is 1.59 bits per heavy atom. The molecule has 138 valence electrons. The molecule has 0 unspecified atom stereocenters. The quantitative estimate of drug-likeness (QED) is 0.643. The summed E-state index contributed by atoms with van der Waals surface area (Å²) in [6, 6.07) is 16.5. The average molecular weight is 362 g/mol. The van der Waals surface area contributed by atoms with Gasteiger partial charge in [0.05, 0.1) is 11.9 Å². The summed E-state index contributed by atoms with van der Waals surface area (Å²) in [5.74, 6) is -0.119. The number of para-hydroxylation sites is 1. The van der Waals surface area contributed by atoms with Crippen LogP contribution in [0.3, 0.4) is 0 Å². The first-order valence-electron chi connectivity index (χ1n) is 8.81. The Labute approximate surface area is 158 Å². The minimum Gasteiger partial charge on any atom is -0.336 e. The van der Waals surface area contributed by atoms with Gasteiger partial charge in [0.2, 0.25) is 5.91 Å². The molecule has 0 fully saturated rings. The zero-order valence-electron chi connectivity index (χ0n) is 15.3. The summed E-state index contributed by atoms with van der Waals surface area (Å²) >= 11 is 0. The zero-order chi connectivity index (χ0) is 19.2. The zero-order valence-corrected chi connectivity index (χ0v) is 15.3. The third kappa shape index (κ3) is 5.04. The Balaban J connectivity index is 1.61. The van der Waals surface area contributed by atoms with Crippen LogP contribution in [0.5, 0.6) is 0 Å². The Kier molecular flexibility index (Phi) is 5.66. The number of amides is 3. The molecule has 2 aromatic carbocycles. The first-order chi connectivity index (χ1) is 13.0. The van der Waals surface area contributed by atoms with Gasteiger partial charge in [-0.2, -0.15) is 0 Å². The number of hydrogen-bond acceptors (Lipinski definition) is 3. The number of anilines is 2. The highest BCUT2D eigenvalue weighted by atomic mass is 16.2. The maximum Gasteiger partial charge on any atom is 0.319 e. The van der Waals surface area contributed by atoms with Crippen molar-refractivity contribution in [1.29, 1.82) is 0 Å². The van der Waals surface area contributed by atoms with Crippen LogP contribution in [0.2, 0.25) is 0 Å². The van der Waals surface area contributed by atoms with Gasteiger partial charge in [-0.1, -0.05) is 24.3 Å². The summed E-state index contributed by atoms with van der Waals surface area (Å²) in [6.45, 7) is 3.79. The van der Waals surface area contributed by atoms with Crippen LogP contribution in [-0.4, -0.2) is 23.0 Å². The van der Waals surface area contributed by atoms with Crippen molar-refractivity contribution in [2.24, 2.45) is 0 Å². The van der Waals surface area contributed by atoms with E-state index in [4.69, 9.17) is 0 Å². The Morgan fingerprint density at radius 1 is 0.926 bits per heavy atom. The van der Waals surface area contributed by atoms with Crippen LogP contribution in [-0.2, 0) is 11.2 Å². The second-order valence-corrected chi connectivity index (χ2v) is 6.55. The van der Waals surface area contributed by atoms with Crippen LogP contribution in [0.15, 0.2) is 60.8 Å². The van der Waals surface area contributed by atoms with Crippen LogP contribution in [0.4, 0.5) is 16.2 Å². The second kappa shape index (κ2) is 8.31. The number of nitrogens with one attached hydrogen (secondary N) is 3. The van der Waals surface area contributed by atoms with Gasteiger partial charge in [-0.15, -0.1) is 0 Å². The van der Waals surface area contributed by atoms with Gasteiger partial charge < -0.3 is 16.0 Å². The van der Waals surface area contributed by atoms with Gasteiger partial charge in [-0.25, -0.2) is 4.79 Å². The van der Waals surface area contributed by atoms with Gasteiger partial charge in [-0.3, -0.25) is 9.78 Å². The predicted molar refractivity (Wildman–Crippen MR) is 108 cm³/mol. The molecule has 3 rings (SSSR count). The fourth-order valence-electron chi connectivity index (χ4n) is 2.75. The van der Waals surface area contributed by atoms with E-state index in [1.807, 2.05) is 44.2 Å². The topological polar surface area (TPSA) is 83.1 Å². The van der Waals surface area contributed by atoms with Crippen LogP contribution in [0.25, 0.3) is 10.9 Å². The lowest BCUT2D eigenvalue weighted by atomic mass is 10.1. The number of nitrogens with zero attached hydrogens (tertiary/aromatic N) is 1. The summed E-state index contributed by atoms with van der Waals surface area (Å²) in [6.07, 6.45) is 1.97. The third-order valence-corrected chi connectivity index (χ3v) is 3.91. The molecule has 6 heteroatoms. The molecule has 0 bridgehead atoms. The predicted octanol–water partition coefficient (Wildman–Crippen LogP) is 3.95. The number of carbonyl (C=O) groups excluding carboxylic acids is 2. The van der Waals surface area contributed by atoms with Crippen molar-refractivity contribution in [3.8, 4) is 0 Å². The van der Waals surface area contributed by atoms with E-state index < -0.39 is 0 Å². The first kappa shape index (κ1) is 18.4. The Hall–Kier alpha value is -3.41. The van der Waals surface area contributed by atoms with E-state index in [1.165, 1.54) is 0 Å². The van der Waals surface area contributed by atoms with E-state index in [-0.39, 0.29) is 24.4 Å². The number of hydrogen-bond donors (Lipinski definition) is 3. The number of fused-ring (bicyclic) bond motifs is 1. The lowest BCUT2D eigenvalue weighted by Crippen LogP contribution is -2.34. The number of rotatable bonds is 5. The summed E-state index contributed by atoms with van der Waals surface area (Å²) in [5.41, 5.74) is 3.05. The number of carbonyl (C=O) groups is 2. The normalized spacial score (nSPS) is 10.6. The molecule has 3 aromatic rings. The molecule has 0 spiro atoms. The molecule has 6 nitrogen and oxygen atoms in total. The summed E-state index contributed by atoms with van der Waals surface area (Å²) in [4.78, 5) is 28.5. The molecular formula is C21H22N4O2. The monoisotopic (exact) mass is 362 g/mol. The minimum absolute atomic E-state index is 0.0621. The van der Waals surface area contributed by atoms with Crippen LogP contribution in [0.1, 0.15) is 19.4 Å². The fraction of sp³-hybridized carbons (Fsp3) is 0.190. The molecule has 0 atom stereocenters. The third-order valence-electron chi connectivity index (χ3n) is 3.91. The lowest BCUT2D eigenvalue weighted by Gasteiger charge is -2.11. The highest BCUT2D eigenvalue weighted by molar-refractivity contribution is 5.95. The number of urea groups is 1. The Bertz CT molecular complexity index is 947. The van der Waals surface area contributed by atoms with Gasteiger partial charge in [0.1, 0.15) is 0 Å². The minimum atomic E-state index is -0.259. The smallest absolute Gasteiger partial charge is 0.319 e. The molecule has 3 amide bonds. The van der Waals surface area contributed by atoms with E-state index in [0.717, 1.165) is 16.5 Å². The number of aromatic nitrogens is 1. The average Bonchev–Trinajstić information content (AvgIpc) is 2.63. The van der Waals surface area contributed by atoms with Crippen molar-refractivity contribution >= 4 is 34.2 Å². The molecule has 0 saturated carbocycles. The van der Waals surface area contributed by atoms with E-state index in [2.05, 4.69) is 20.9 Å². The summed E-state index contributed by atoms with van der Waals surface area (Å²) in [7, 11) is 0. The molecular weight excluding hydrogens is 340 g/mol. The van der Waals surface area contributed by atoms with Gasteiger partial charge in [0, 0.05) is 29.0 Å². The standard InChI is InChI=1S/C21H22N4O2/c1-14(2)23-21(27)25-18-10-8-17(9-11-18)24-19(26)13-16-6-3-5-15-7-4-12-22-20(15)16/h3-12,14H,13H2,1-2H3,(H,24,26)(H2,23,25,27). The van der Waals surface area contributed by atoms with Crippen molar-refractivity contribution in [2.45, 2.75) is 26.3 Å². The van der Waals surface area contributed by atoms with E-state index >= 15 is 0 Å². The SMILES string of the molecule is CC(C)NC(=O)Nc1ccc(NC(=O)Cc2cccc3cccnc23)cc1. The molecule has 0 aliphatic rings. The van der Waals surface area contributed by atoms with Crippen molar-refractivity contribution in [3.63, 3.8) is 0 Å². The highest BCUT2D eigenvalue weighted by Gasteiger charge is 2.09. The highest BCUT2D eigenvalue weighted by Crippen LogP contribution is 2.18. The van der Waals surface area contributed by atoms with Crippen molar-refractivity contribution in [3.05, 3.63) is 66.4 Å². The molecule has 0 radical (unpaired) electrons. The number of benzene rings is 2. The van der Waals surface area contributed by atoms with Gasteiger partial charge in [0.15, 0.2) is 0 Å². The van der Waals surface area contributed by atoms with Crippen molar-refractivity contribution < 1.29 is 9.59 Å². The van der Waals surface area contributed by atoms with E-state index in [0.29, 0.717) is 11.4 Å². The molecule has 1 heterocycles. The molecule has 1 aromatic heterocycles. The summed E-state index contributed by atoms with van der Waals surface area (Å²) in [5, 5.41) is 9.38. The maximum atomic E-state index is 12.4. The number of pyridine rings is 1. The van der Waals surface area contributed by atoms with E-state index in [9.17, 15) is 9.59 Å².